The summed E-state index contributed by atoms with van der Waals surface area (Å²) in [4.78, 5) is 1.94. The van der Waals surface area contributed by atoms with Crippen LogP contribution in [0, 0.1) is 11.6 Å². The van der Waals surface area contributed by atoms with Gasteiger partial charge in [-0.2, -0.15) is 18.3 Å². The summed E-state index contributed by atoms with van der Waals surface area (Å²) in [7, 11) is 1.50. The van der Waals surface area contributed by atoms with Gasteiger partial charge in [0.1, 0.15) is 5.75 Å². The molecule has 1 unspecified atom stereocenters. The normalized spacial score (nSPS) is 18.2. The SMILES string of the molecule is CCN1\C(=C/C=N/N=C(\O)c2ccccc2)C(C)(Cc2ccc(C(F)(F)F)c(F)c2F)c2cc(OC)ccc21.[Co]. The Morgan fingerprint density at radius 2 is 1.75 bits per heavy atom. The Hall–Kier alpha value is -3.70. The Labute approximate surface area is 238 Å². The van der Waals surface area contributed by atoms with Gasteiger partial charge in [-0.25, -0.2) is 8.78 Å². The second-order valence-corrected chi connectivity index (χ2v) is 9.14. The number of hydrogen-bond donors (Lipinski definition) is 1. The van der Waals surface area contributed by atoms with Crippen molar-refractivity contribution in [2.24, 2.45) is 10.2 Å². The summed E-state index contributed by atoms with van der Waals surface area (Å²) in [5, 5.41) is 17.9. The van der Waals surface area contributed by atoms with Gasteiger partial charge in [-0.1, -0.05) is 24.3 Å². The van der Waals surface area contributed by atoms with E-state index in [-0.39, 0.29) is 34.7 Å². The topological polar surface area (TPSA) is 57.4 Å². The molecule has 0 aliphatic carbocycles. The number of aliphatic hydroxyl groups excluding tert-OH is 1. The number of likely N-dealkylation sites (N-methyl/N-ethyl adjacent to an activating group) is 1. The summed E-state index contributed by atoms with van der Waals surface area (Å²) >= 11 is 0. The number of alkyl halides is 3. The van der Waals surface area contributed by atoms with E-state index in [1.54, 1.807) is 55.5 Å². The van der Waals surface area contributed by atoms with Crippen molar-refractivity contribution in [2.45, 2.75) is 31.9 Å². The average molecular weight is 602 g/mol. The molecule has 1 aliphatic rings. The van der Waals surface area contributed by atoms with Crippen molar-refractivity contribution in [3.63, 3.8) is 0 Å². The van der Waals surface area contributed by atoms with E-state index in [0.29, 0.717) is 29.6 Å². The van der Waals surface area contributed by atoms with Gasteiger partial charge in [0, 0.05) is 45.7 Å². The van der Waals surface area contributed by atoms with Crippen molar-refractivity contribution in [1.29, 1.82) is 0 Å². The molecule has 0 spiro atoms. The Kier molecular flexibility index (Phi) is 9.42. The minimum Gasteiger partial charge on any atom is -0.497 e. The molecule has 1 radical (unpaired) electrons. The Bertz CT molecular complexity index is 1460. The van der Waals surface area contributed by atoms with Crippen LogP contribution in [0.25, 0.3) is 0 Å². The van der Waals surface area contributed by atoms with Crippen LogP contribution in [0.5, 0.6) is 5.75 Å². The van der Waals surface area contributed by atoms with Gasteiger partial charge in [0.05, 0.1) is 18.9 Å². The van der Waals surface area contributed by atoms with Gasteiger partial charge < -0.3 is 14.7 Å². The zero-order chi connectivity index (χ0) is 28.4. The summed E-state index contributed by atoms with van der Waals surface area (Å²) in [6.07, 6.45) is -2.17. The molecule has 0 amide bonds. The van der Waals surface area contributed by atoms with Crippen molar-refractivity contribution in [2.75, 3.05) is 18.6 Å². The molecule has 4 rings (SSSR count). The first-order valence-electron chi connectivity index (χ1n) is 12.1. The Morgan fingerprint density at radius 1 is 1.05 bits per heavy atom. The van der Waals surface area contributed by atoms with Crippen LogP contribution in [0.3, 0.4) is 0 Å². The second kappa shape index (κ2) is 12.2. The van der Waals surface area contributed by atoms with E-state index in [0.717, 1.165) is 17.3 Å². The van der Waals surface area contributed by atoms with Crippen LogP contribution in [-0.2, 0) is 34.8 Å². The number of anilines is 1. The fraction of sp³-hybridized carbons (Fsp3) is 0.241. The minimum atomic E-state index is -5.02. The maximum Gasteiger partial charge on any atom is 0.419 e. The summed E-state index contributed by atoms with van der Waals surface area (Å²) in [6, 6.07) is 15.5. The third-order valence-corrected chi connectivity index (χ3v) is 6.76. The number of nitrogens with zero attached hydrogens (tertiary/aromatic N) is 3. The Morgan fingerprint density at radius 3 is 2.38 bits per heavy atom. The number of halogens is 5. The molecule has 40 heavy (non-hydrogen) atoms. The number of fused-ring (bicyclic) bond motifs is 1. The zero-order valence-electron chi connectivity index (χ0n) is 21.8. The molecule has 1 N–H and O–H groups in total. The summed E-state index contributed by atoms with van der Waals surface area (Å²) in [5.74, 6) is -3.24. The number of rotatable bonds is 7. The quantitative estimate of drug-likeness (QED) is 0.135. The molecule has 0 saturated carbocycles. The predicted molar refractivity (Wildman–Crippen MR) is 141 cm³/mol. The van der Waals surface area contributed by atoms with E-state index in [9.17, 15) is 27.1 Å². The van der Waals surface area contributed by atoms with Gasteiger partial charge >= 0.3 is 6.18 Å². The third-order valence-electron chi connectivity index (χ3n) is 6.76. The molecule has 0 aromatic heterocycles. The van der Waals surface area contributed by atoms with Crippen molar-refractivity contribution >= 4 is 17.8 Å². The number of hydrogen-bond acceptors (Lipinski definition) is 4. The molecule has 1 heterocycles. The first-order valence-corrected chi connectivity index (χ1v) is 12.1. The summed E-state index contributed by atoms with van der Waals surface area (Å²) in [5.41, 5.74) is -0.269. The van der Waals surface area contributed by atoms with E-state index in [4.69, 9.17) is 4.74 Å². The molecule has 1 atom stereocenters. The first kappa shape index (κ1) is 30.8. The summed E-state index contributed by atoms with van der Waals surface area (Å²) in [6.45, 7) is 4.19. The first-order chi connectivity index (χ1) is 18.5. The fourth-order valence-electron chi connectivity index (χ4n) is 4.85. The smallest absolute Gasteiger partial charge is 0.419 e. The number of ether oxygens (including phenoxy) is 1. The molecule has 0 saturated heterocycles. The van der Waals surface area contributed by atoms with Crippen molar-refractivity contribution < 1.29 is 48.6 Å². The van der Waals surface area contributed by atoms with Crippen LogP contribution in [-0.4, -0.2) is 30.9 Å². The molecular formula is C29H26CoF5N3O2. The van der Waals surface area contributed by atoms with Crippen LogP contribution in [0.1, 0.15) is 36.1 Å². The molecule has 213 valence electrons. The molecule has 1 aliphatic heterocycles. The molecule has 0 bridgehead atoms. The molecule has 0 fully saturated rings. The number of methoxy groups -OCH3 is 1. The van der Waals surface area contributed by atoms with Crippen LogP contribution < -0.4 is 9.64 Å². The number of benzene rings is 3. The van der Waals surface area contributed by atoms with Crippen LogP contribution in [0.2, 0.25) is 0 Å². The molecular weight excluding hydrogens is 576 g/mol. The monoisotopic (exact) mass is 602 g/mol. The minimum absolute atomic E-state index is 0. The van der Waals surface area contributed by atoms with Gasteiger partial charge in [-0.15, -0.1) is 5.10 Å². The van der Waals surface area contributed by atoms with Crippen molar-refractivity contribution in [3.05, 3.63) is 106 Å². The average Bonchev–Trinajstić information content (AvgIpc) is 3.15. The van der Waals surface area contributed by atoms with E-state index >= 15 is 0 Å². The molecule has 11 heteroatoms. The largest absolute Gasteiger partial charge is 0.497 e. The van der Waals surface area contributed by atoms with Crippen LogP contribution >= 0.6 is 0 Å². The number of allylic oxidation sites excluding steroid dienone is 2. The van der Waals surface area contributed by atoms with Gasteiger partial charge in [-0.05, 0) is 73.9 Å². The van der Waals surface area contributed by atoms with E-state index in [1.165, 1.54) is 13.3 Å². The number of aliphatic hydroxyl groups is 1. The van der Waals surface area contributed by atoms with E-state index < -0.39 is 28.8 Å². The van der Waals surface area contributed by atoms with Crippen LogP contribution in [0.15, 0.2) is 82.6 Å². The van der Waals surface area contributed by atoms with E-state index in [1.807, 2.05) is 17.9 Å². The predicted octanol–water partition coefficient (Wildman–Crippen LogP) is 7.20. The fourth-order valence-corrected chi connectivity index (χ4v) is 4.85. The Balaban J connectivity index is 0.00000441. The molecule has 3 aromatic rings. The zero-order valence-corrected chi connectivity index (χ0v) is 22.8. The van der Waals surface area contributed by atoms with Gasteiger partial charge in [-0.3, -0.25) is 0 Å². The summed E-state index contributed by atoms with van der Waals surface area (Å²) < 4.78 is 74.3. The third kappa shape index (κ3) is 5.90. The van der Waals surface area contributed by atoms with Gasteiger partial charge in [0.15, 0.2) is 11.6 Å². The van der Waals surface area contributed by atoms with Gasteiger partial charge in [0.2, 0.25) is 5.90 Å². The molecule has 3 aromatic carbocycles. The van der Waals surface area contributed by atoms with Crippen molar-refractivity contribution in [1.82, 2.24) is 0 Å². The second-order valence-electron chi connectivity index (χ2n) is 9.14. The maximum absolute atomic E-state index is 15.0. The van der Waals surface area contributed by atoms with Crippen molar-refractivity contribution in [3.8, 4) is 5.75 Å². The standard InChI is InChI=1S/C29H26F5N3O2.Co/c1-4-37-23-13-11-20(39-3)16-22(23)28(2,17-19-10-12-21(29(32,33)34)26(31)25(19)30)24(37)14-15-35-36-27(38)18-8-6-5-7-9-18;/h5-16H,4,17H2,1-3H3,(H,36,38);/b24-14-,35-15+;. The van der Waals surface area contributed by atoms with E-state index in [2.05, 4.69) is 10.2 Å². The maximum atomic E-state index is 15.0. The van der Waals surface area contributed by atoms with Gasteiger partial charge in [0.25, 0.3) is 0 Å². The van der Waals surface area contributed by atoms with Crippen LogP contribution in [0.4, 0.5) is 27.6 Å². The molecule has 5 nitrogen and oxygen atoms in total.